The topological polar surface area (TPSA) is 42.2 Å². The van der Waals surface area contributed by atoms with Crippen LogP contribution in [0.3, 0.4) is 0 Å². The maximum absolute atomic E-state index is 12.9. The maximum atomic E-state index is 12.9. The fourth-order valence-corrected chi connectivity index (χ4v) is 2.50. The SMILES string of the molecule is CCn1cc(CC(C)(C)C(=O)O)c2cc(C(F)(F)F)ccc21. The van der Waals surface area contributed by atoms with Gasteiger partial charge < -0.3 is 9.67 Å². The number of benzene rings is 1. The molecule has 6 heteroatoms. The Morgan fingerprint density at radius 1 is 1.27 bits per heavy atom. The van der Waals surface area contributed by atoms with Gasteiger partial charge in [-0.15, -0.1) is 0 Å². The molecule has 22 heavy (non-hydrogen) atoms. The zero-order valence-corrected chi connectivity index (χ0v) is 12.7. The van der Waals surface area contributed by atoms with Gasteiger partial charge in [0.05, 0.1) is 11.0 Å². The lowest BCUT2D eigenvalue weighted by molar-refractivity contribution is -0.146. The molecular weight excluding hydrogens is 295 g/mol. The largest absolute Gasteiger partial charge is 0.481 e. The van der Waals surface area contributed by atoms with Gasteiger partial charge in [-0.25, -0.2) is 0 Å². The van der Waals surface area contributed by atoms with Crippen LogP contribution in [0.2, 0.25) is 0 Å². The zero-order chi connectivity index (χ0) is 16.7. The van der Waals surface area contributed by atoms with Gasteiger partial charge in [0.1, 0.15) is 0 Å². The fourth-order valence-electron chi connectivity index (χ4n) is 2.50. The van der Waals surface area contributed by atoms with Gasteiger partial charge in [0.2, 0.25) is 0 Å². The van der Waals surface area contributed by atoms with Crippen LogP contribution in [0.4, 0.5) is 13.2 Å². The van der Waals surface area contributed by atoms with Gasteiger partial charge in [-0.2, -0.15) is 13.2 Å². The Kier molecular flexibility index (Phi) is 3.98. The Bertz CT molecular complexity index is 714. The number of nitrogens with zero attached hydrogens (tertiary/aromatic N) is 1. The first-order chi connectivity index (χ1) is 10.1. The van der Waals surface area contributed by atoms with Crippen molar-refractivity contribution in [2.24, 2.45) is 5.41 Å². The van der Waals surface area contributed by atoms with Gasteiger partial charge in [-0.1, -0.05) is 0 Å². The van der Waals surface area contributed by atoms with Crippen molar-refractivity contribution in [1.82, 2.24) is 4.57 Å². The number of carboxylic acids is 1. The number of hydrogen-bond acceptors (Lipinski definition) is 1. The summed E-state index contributed by atoms with van der Waals surface area (Å²) in [7, 11) is 0. The number of hydrogen-bond donors (Lipinski definition) is 1. The van der Waals surface area contributed by atoms with Gasteiger partial charge in [-0.05, 0) is 51.0 Å². The van der Waals surface area contributed by atoms with Crippen LogP contribution >= 0.6 is 0 Å². The molecule has 0 aliphatic heterocycles. The van der Waals surface area contributed by atoms with Crippen molar-refractivity contribution in [3.05, 3.63) is 35.5 Å². The van der Waals surface area contributed by atoms with Crippen LogP contribution in [0.25, 0.3) is 10.9 Å². The molecule has 2 rings (SSSR count). The lowest BCUT2D eigenvalue weighted by atomic mass is 9.86. The van der Waals surface area contributed by atoms with Crippen molar-refractivity contribution < 1.29 is 23.1 Å². The summed E-state index contributed by atoms with van der Waals surface area (Å²) in [6, 6.07) is 3.61. The lowest BCUT2D eigenvalue weighted by Gasteiger charge is -2.18. The minimum atomic E-state index is -4.41. The van der Waals surface area contributed by atoms with Crippen molar-refractivity contribution >= 4 is 16.9 Å². The molecule has 1 N–H and O–H groups in total. The summed E-state index contributed by atoms with van der Waals surface area (Å²) < 4.78 is 40.5. The molecule has 120 valence electrons. The number of carbonyl (C=O) groups is 1. The van der Waals surface area contributed by atoms with Gasteiger partial charge in [0, 0.05) is 23.6 Å². The number of aliphatic carboxylic acids is 1. The standard InChI is InChI=1S/C16H18F3NO2/c1-4-20-9-10(8-15(2,3)14(21)22)12-7-11(16(17,18)19)5-6-13(12)20/h5-7,9H,4,8H2,1-3H3,(H,21,22). The van der Waals surface area contributed by atoms with Crippen molar-refractivity contribution in [3.63, 3.8) is 0 Å². The average molecular weight is 313 g/mol. The van der Waals surface area contributed by atoms with E-state index in [2.05, 4.69) is 0 Å². The third-order valence-corrected chi connectivity index (χ3v) is 3.84. The highest BCUT2D eigenvalue weighted by atomic mass is 19.4. The molecule has 0 aliphatic carbocycles. The summed E-state index contributed by atoms with van der Waals surface area (Å²) in [4.78, 5) is 11.3. The number of aromatic nitrogens is 1. The molecule has 0 radical (unpaired) electrons. The molecule has 0 amide bonds. The number of halogens is 3. The second-order valence-corrected chi connectivity index (χ2v) is 6.04. The molecule has 1 aromatic heterocycles. The van der Waals surface area contributed by atoms with Gasteiger partial charge in [0.25, 0.3) is 0 Å². The van der Waals surface area contributed by atoms with E-state index in [1.165, 1.54) is 6.07 Å². The minimum Gasteiger partial charge on any atom is -0.481 e. The predicted molar refractivity (Wildman–Crippen MR) is 77.7 cm³/mol. The van der Waals surface area contributed by atoms with E-state index >= 15 is 0 Å². The van der Waals surface area contributed by atoms with E-state index in [1.54, 1.807) is 20.0 Å². The molecule has 0 aliphatic rings. The molecule has 0 atom stereocenters. The third kappa shape index (κ3) is 2.96. The van der Waals surface area contributed by atoms with Crippen LogP contribution in [-0.2, 0) is 23.9 Å². The fraction of sp³-hybridized carbons (Fsp3) is 0.438. The Labute approximate surface area is 126 Å². The van der Waals surface area contributed by atoms with Crippen LogP contribution < -0.4 is 0 Å². The molecule has 1 aromatic carbocycles. The van der Waals surface area contributed by atoms with Gasteiger partial charge in [0.15, 0.2) is 0 Å². The molecule has 0 bridgehead atoms. The van der Waals surface area contributed by atoms with E-state index in [9.17, 15) is 23.1 Å². The van der Waals surface area contributed by atoms with Crippen molar-refractivity contribution in [2.75, 3.05) is 0 Å². The highest BCUT2D eigenvalue weighted by molar-refractivity contribution is 5.86. The first-order valence-corrected chi connectivity index (χ1v) is 6.98. The highest BCUT2D eigenvalue weighted by Crippen LogP contribution is 2.35. The Balaban J connectivity index is 2.60. The summed E-state index contributed by atoms with van der Waals surface area (Å²) in [6.45, 7) is 5.63. The van der Waals surface area contributed by atoms with Gasteiger partial charge >= 0.3 is 12.1 Å². The second kappa shape index (κ2) is 5.34. The third-order valence-electron chi connectivity index (χ3n) is 3.84. The number of alkyl halides is 3. The first-order valence-electron chi connectivity index (χ1n) is 6.98. The molecule has 3 nitrogen and oxygen atoms in total. The van der Waals surface area contributed by atoms with Crippen LogP contribution in [0, 0.1) is 5.41 Å². The monoisotopic (exact) mass is 313 g/mol. The predicted octanol–water partition coefficient (Wildman–Crippen LogP) is 4.33. The summed E-state index contributed by atoms with van der Waals surface area (Å²) in [5.41, 5.74) is -0.452. The zero-order valence-electron chi connectivity index (χ0n) is 12.7. The molecule has 0 unspecified atom stereocenters. The van der Waals surface area contributed by atoms with Crippen molar-refractivity contribution in [3.8, 4) is 0 Å². The van der Waals surface area contributed by atoms with E-state index in [4.69, 9.17) is 0 Å². The number of rotatable bonds is 4. The lowest BCUT2D eigenvalue weighted by Crippen LogP contribution is -2.26. The molecule has 0 saturated carbocycles. The highest BCUT2D eigenvalue weighted by Gasteiger charge is 2.32. The molecule has 0 spiro atoms. The maximum Gasteiger partial charge on any atom is 0.416 e. The van der Waals surface area contributed by atoms with E-state index in [0.29, 0.717) is 23.0 Å². The van der Waals surface area contributed by atoms with Crippen LogP contribution in [-0.4, -0.2) is 15.6 Å². The smallest absolute Gasteiger partial charge is 0.416 e. The molecule has 2 aromatic rings. The number of fused-ring (bicyclic) bond motifs is 1. The minimum absolute atomic E-state index is 0.174. The summed E-state index contributed by atoms with van der Waals surface area (Å²) in [5.74, 6) is -0.975. The molecular formula is C16H18F3NO2. The normalized spacial score (nSPS) is 12.8. The Morgan fingerprint density at radius 2 is 1.91 bits per heavy atom. The van der Waals surface area contributed by atoms with Crippen LogP contribution in [0.15, 0.2) is 24.4 Å². The Morgan fingerprint density at radius 3 is 2.41 bits per heavy atom. The Hall–Kier alpha value is -1.98. The quantitative estimate of drug-likeness (QED) is 0.912. The number of carboxylic acid groups (broad SMARTS) is 1. The number of aryl methyl sites for hydroxylation is 1. The summed E-state index contributed by atoms with van der Waals surface area (Å²) in [5, 5.41) is 9.70. The van der Waals surface area contributed by atoms with Crippen LogP contribution in [0.1, 0.15) is 31.9 Å². The van der Waals surface area contributed by atoms with E-state index < -0.39 is 23.1 Å². The van der Waals surface area contributed by atoms with Crippen molar-refractivity contribution in [2.45, 2.75) is 39.9 Å². The second-order valence-electron chi connectivity index (χ2n) is 6.04. The summed E-state index contributed by atoms with van der Waals surface area (Å²) >= 11 is 0. The summed E-state index contributed by atoms with van der Waals surface area (Å²) in [6.07, 6.45) is -2.50. The molecule has 0 fully saturated rings. The van der Waals surface area contributed by atoms with Crippen molar-refractivity contribution in [1.29, 1.82) is 0 Å². The van der Waals surface area contributed by atoms with Crippen LogP contribution in [0.5, 0.6) is 0 Å². The van der Waals surface area contributed by atoms with E-state index in [1.807, 2.05) is 11.5 Å². The van der Waals surface area contributed by atoms with E-state index in [0.717, 1.165) is 12.1 Å². The molecule has 0 saturated heterocycles. The average Bonchev–Trinajstić information content (AvgIpc) is 2.74. The van der Waals surface area contributed by atoms with Gasteiger partial charge in [-0.3, -0.25) is 4.79 Å². The first kappa shape index (κ1) is 16.4. The molecule has 1 heterocycles. The van der Waals surface area contributed by atoms with E-state index in [-0.39, 0.29) is 6.42 Å².